The number of hydrogen-bond donors (Lipinski definition) is 1. The fourth-order valence-electron chi connectivity index (χ4n) is 3.00. The van der Waals surface area contributed by atoms with Gasteiger partial charge in [0.2, 0.25) is 0 Å². The molecule has 0 aliphatic heterocycles. The summed E-state index contributed by atoms with van der Waals surface area (Å²) in [6.45, 7) is 2.34. The van der Waals surface area contributed by atoms with Gasteiger partial charge >= 0.3 is 0 Å². The van der Waals surface area contributed by atoms with E-state index in [1.807, 2.05) is 24.3 Å². The molecule has 24 heavy (non-hydrogen) atoms. The highest BCUT2D eigenvalue weighted by atomic mass is 19.2. The van der Waals surface area contributed by atoms with Crippen molar-refractivity contribution in [1.82, 2.24) is 0 Å². The lowest BCUT2D eigenvalue weighted by Gasteiger charge is -2.17. The molecule has 2 aromatic carbocycles. The fourth-order valence-corrected chi connectivity index (χ4v) is 3.00. The van der Waals surface area contributed by atoms with Gasteiger partial charge in [0.1, 0.15) is 0 Å². The number of benzene rings is 2. The summed E-state index contributed by atoms with van der Waals surface area (Å²) >= 11 is 0. The molecule has 1 nitrogen and oxygen atoms in total. The number of aliphatic hydroxyl groups is 1. The van der Waals surface area contributed by atoms with Crippen molar-refractivity contribution in [3.05, 3.63) is 59.4 Å². The van der Waals surface area contributed by atoms with Crippen molar-refractivity contribution in [2.75, 3.05) is 6.61 Å². The van der Waals surface area contributed by atoms with Crippen LogP contribution < -0.4 is 0 Å². The summed E-state index contributed by atoms with van der Waals surface area (Å²) in [6, 6.07) is 9.59. The molecule has 1 unspecified atom stereocenters. The zero-order valence-electron chi connectivity index (χ0n) is 13.9. The second-order valence-corrected chi connectivity index (χ2v) is 6.08. The number of aliphatic hydroxyl groups excluding tert-OH is 1. The lowest BCUT2D eigenvalue weighted by molar-refractivity contribution is 0.280. The first kappa shape index (κ1) is 18.5. The zero-order valence-corrected chi connectivity index (χ0v) is 13.9. The minimum absolute atomic E-state index is 0.208. The molecule has 0 aliphatic rings. The largest absolute Gasteiger partial charge is 0.396 e. The van der Waals surface area contributed by atoms with E-state index >= 15 is 0 Å². The molecule has 0 amide bonds. The van der Waals surface area contributed by atoms with Gasteiger partial charge < -0.3 is 5.11 Å². The molecule has 0 radical (unpaired) electrons. The van der Waals surface area contributed by atoms with Crippen molar-refractivity contribution in [2.45, 2.75) is 44.9 Å². The smallest absolute Gasteiger partial charge is 0.194 e. The van der Waals surface area contributed by atoms with Gasteiger partial charge in [-0.15, -0.1) is 0 Å². The third-order valence-electron chi connectivity index (χ3n) is 4.30. The molecule has 4 heteroatoms. The normalized spacial score (nSPS) is 12.4. The minimum atomic E-state index is -1.44. The molecule has 0 spiro atoms. The Morgan fingerprint density at radius 1 is 0.875 bits per heavy atom. The van der Waals surface area contributed by atoms with E-state index in [0.717, 1.165) is 44.2 Å². The average molecular weight is 336 g/mol. The van der Waals surface area contributed by atoms with Gasteiger partial charge in [0, 0.05) is 6.61 Å². The van der Waals surface area contributed by atoms with Crippen LogP contribution in [0.4, 0.5) is 13.2 Å². The Morgan fingerprint density at radius 2 is 1.50 bits per heavy atom. The Bertz CT molecular complexity index is 629. The molecule has 2 aromatic rings. The van der Waals surface area contributed by atoms with Crippen LogP contribution in [0.5, 0.6) is 0 Å². The monoisotopic (exact) mass is 336 g/mol. The van der Waals surface area contributed by atoms with Gasteiger partial charge in [-0.05, 0) is 54.0 Å². The second-order valence-electron chi connectivity index (χ2n) is 6.08. The van der Waals surface area contributed by atoms with E-state index in [1.165, 1.54) is 5.56 Å². The molecule has 0 aliphatic carbocycles. The van der Waals surface area contributed by atoms with Crippen LogP contribution in [0.3, 0.4) is 0 Å². The summed E-state index contributed by atoms with van der Waals surface area (Å²) < 4.78 is 39.8. The SMILES string of the molecule is CCCC(CCCCO)c1ccc(-c2cc(F)c(F)c(F)c2)cc1. The lowest BCUT2D eigenvalue weighted by atomic mass is 9.88. The minimum Gasteiger partial charge on any atom is -0.396 e. The van der Waals surface area contributed by atoms with Gasteiger partial charge in [0.15, 0.2) is 17.5 Å². The van der Waals surface area contributed by atoms with E-state index in [4.69, 9.17) is 5.11 Å². The molecule has 0 heterocycles. The number of rotatable bonds is 8. The fraction of sp³-hybridized carbons (Fsp3) is 0.400. The van der Waals surface area contributed by atoms with Crippen LogP contribution in [0.1, 0.15) is 50.5 Å². The van der Waals surface area contributed by atoms with E-state index < -0.39 is 17.5 Å². The van der Waals surface area contributed by atoms with Crippen molar-refractivity contribution in [3.63, 3.8) is 0 Å². The van der Waals surface area contributed by atoms with Crippen LogP contribution in [0.2, 0.25) is 0 Å². The molecular weight excluding hydrogens is 313 g/mol. The maximum atomic E-state index is 13.4. The summed E-state index contributed by atoms with van der Waals surface area (Å²) in [5, 5.41) is 8.92. The predicted molar refractivity (Wildman–Crippen MR) is 90.3 cm³/mol. The second kappa shape index (κ2) is 8.88. The molecule has 2 rings (SSSR count). The van der Waals surface area contributed by atoms with E-state index in [-0.39, 0.29) is 6.61 Å². The number of halogens is 3. The van der Waals surface area contributed by atoms with Crippen molar-refractivity contribution < 1.29 is 18.3 Å². The molecule has 1 atom stereocenters. The van der Waals surface area contributed by atoms with Crippen molar-refractivity contribution in [3.8, 4) is 11.1 Å². The summed E-state index contributed by atoms with van der Waals surface area (Å²) in [5.41, 5.74) is 2.16. The van der Waals surface area contributed by atoms with Gasteiger partial charge in [0.05, 0.1) is 0 Å². The third-order valence-corrected chi connectivity index (χ3v) is 4.30. The summed E-state index contributed by atoms with van der Waals surface area (Å²) in [7, 11) is 0. The maximum Gasteiger partial charge on any atom is 0.194 e. The third kappa shape index (κ3) is 4.60. The van der Waals surface area contributed by atoms with Gasteiger partial charge in [-0.1, -0.05) is 44.0 Å². The summed E-state index contributed by atoms with van der Waals surface area (Å²) in [5.74, 6) is -3.39. The molecule has 0 aromatic heterocycles. The van der Waals surface area contributed by atoms with Gasteiger partial charge in [-0.25, -0.2) is 13.2 Å². The Labute approximate surface area is 141 Å². The van der Waals surface area contributed by atoms with Gasteiger partial charge in [0.25, 0.3) is 0 Å². The quantitative estimate of drug-likeness (QED) is 0.476. The molecule has 0 fully saturated rings. The van der Waals surface area contributed by atoms with Crippen LogP contribution in [-0.4, -0.2) is 11.7 Å². The van der Waals surface area contributed by atoms with Crippen LogP contribution in [0.25, 0.3) is 11.1 Å². The molecular formula is C20H23F3O. The lowest BCUT2D eigenvalue weighted by Crippen LogP contribution is -2.00. The Balaban J connectivity index is 2.19. The molecule has 0 saturated carbocycles. The van der Waals surface area contributed by atoms with Crippen LogP contribution >= 0.6 is 0 Å². The number of unbranched alkanes of at least 4 members (excludes halogenated alkanes) is 1. The predicted octanol–water partition coefficient (Wildman–Crippen LogP) is 5.82. The average Bonchev–Trinajstić information content (AvgIpc) is 2.59. The van der Waals surface area contributed by atoms with E-state index in [1.54, 1.807) is 0 Å². The first-order chi connectivity index (χ1) is 11.6. The molecule has 0 saturated heterocycles. The van der Waals surface area contributed by atoms with Crippen molar-refractivity contribution in [1.29, 1.82) is 0 Å². The highest BCUT2D eigenvalue weighted by Gasteiger charge is 2.13. The zero-order chi connectivity index (χ0) is 17.5. The van der Waals surface area contributed by atoms with E-state index in [2.05, 4.69) is 6.92 Å². The van der Waals surface area contributed by atoms with Crippen molar-refractivity contribution >= 4 is 0 Å². The molecule has 1 N–H and O–H groups in total. The highest BCUT2D eigenvalue weighted by Crippen LogP contribution is 2.30. The van der Waals surface area contributed by atoms with Crippen molar-refractivity contribution in [2.24, 2.45) is 0 Å². The van der Waals surface area contributed by atoms with Gasteiger partial charge in [-0.3, -0.25) is 0 Å². The Kier molecular flexibility index (Phi) is 6.85. The summed E-state index contributed by atoms with van der Waals surface area (Å²) in [4.78, 5) is 0. The highest BCUT2D eigenvalue weighted by molar-refractivity contribution is 5.64. The molecule has 130 valence electrons. The maximum absolute atomic E-state index is 13.4. The Morgan fingerprint density at radius 3 is 2.04 bits per heavy atom. The first-order valence-electron chi connectivity index (χ1n) is 8.42. The van der Waals surface area contributed by atoms with Crippen LogP contribution in [-0.2, 0) is 0 Å². The topological polar surface area (TPSA) is 20.2 Å². The van der Waals surface area contributed by atoms with E-state index in [0.29, 0.717) is 17.0 Å². The van der Waals surface area contributed by atoms with E-state index in [9.17, 15) is 13.2 Å². The van der Waals surface area contributed by atoms with Gasteiger partial charge in [-0.2, -0.15) is 0 Å². The van der Waals surface area contributed by atoms with Crippen LogP contribution in [0.15, 0.2) is 36.4 Å². The number of hydrogen-bond acceptors (Lipinski definition) is 1. The Hall–Kier alpha value is -1.81. The van der Waals surface area contributed by atoms with Crippen LogP contribution in [0, 0.1) is 17.5 Å². The first-order valence-corrected chi connectivity index (χ1v) is 8.42. The molecule has 0 bridgehead atoms. The summed E-state index contributed by atoms with van der Waals surface area (Å²) in [6.07, 6.45) is 4.90. The standard InChI is InChI=1S/C20H23F3O/c1-2-5-14(6-3-4-11-24)15-7-9-16(10-8-15)17-12-18(21)20(23)19(22)13-17/h7-10,12-14,24H,2-6,11H2,1H3.